The Kier molecular flexibility index (Phi) is 6.02. The zero-order chi connectivity index (χ0) is 15.3. The number of likely N-dealkylation sites (N-methyl/N-ethyl adjacent to an activating group) is 1. The van der Waals surface area contributed by atoms with Gasteiger partial charge in [-0.1, -0.05) is 39.0 Å². The third-order valence-electron chi connectivity index (χ3n) is 3.30. The minimum Gasteiger partial charge on any atom is -0.329 e. The van der Waals surface area contributed by atoms with Crippen molar-refractivity contribution in [1.29, 1.82) is 0 Å². The van der Waals surface area contributed by atoms with Crippen LogP contribution in [-0.2, 0) is 6.18 Å². The zero-order valence-corrected chi connectivity index (χ0v) is 12.2. The Hall–Kier alpha value is -1.07. The number of nitrogens with two attached hydrogens (primary N) is 1. The highest BCUT2D eigenvalue weighted by molar-refractivity contribution is 5.32. The first-order valence-corrected chi connectivity index (χ1v) is 6.91. The van der Waals surface area contributed by atoms with E-state index in [0.717, 1.165) is 12.6 Å². The highest BCUT2D eigenvalue weighted by Gasteiger charge is 2.35. The second-order valence-corrected chi connectivity index (χ2v) is 5.32. The Balaban J connectivity index is 3.18. The van der Waals surface area contributed by atoms with Crippen molar-refractivity contribution in [3.63, 3.8) is 0 Å². The molecule has 0 spiro atoms. The Morgan fingerprint density at radius 2 is 1.80 bits per heavy atom. The molecular formula is C15H23F3N2. The molecule has 2 nitrogen and oxygen atoms in total. The van der Waals surface area contributed by atoms with Crippen LogP contribution in [0.25, 0.3) is 0 Å². The number of hydrogen-bond acceptors (Lipinski definition) is 2. The Morgan fingerprint density at radius 3 is 2.25 bits per heavy atom. The van der Waals surface area contributed by atoms with E-state index in [9.17, 15) is 13.2 Å². The largest absolute Gasteiger partial charge is 0.416 e. The van der Waals surface area contributed by atoms with Crippen LogP contribution >= 0.6 is 0 Å². The maximum Gasteiger partial charge on any atom is 0.416 e. The number of hydrogen-bond donors (Lipinski definition) is 1. The van der Waals surface area contributed by atoms with Crippen molar-refractivity contribution in [2.24, 2.45) is 11.7 Å². The van der Waals surface area contributed by atoms with Crippen molar-refractivity contribution >= 4 is 0 Å². The van der Waals surface area contributed by atoms with Gasteiger partial charge < -0.3 is 5.73 Å². The van der Waals surface area contributed by atoms with Crippen LogP contribution in [0.4, 0.5) is 13.2 Å². The lowest BCUT2D eigenvalue weighted by molar-refractivity contribution is -0.138. The lowest BCUT2D eigenvalue weighted by Gasteiger charge is -2.33. The lowest BCUT2D eigenvalue weighted by Crippen LogP contribution is -2.37. The minimum atomic E-state index is -4.35. The molecule has 0 bridgehead atoms. The van der Waals surface area contributed by atoms with Gasteiger partial charge in [0.1, 0.15) is 0 Å². The van der Waals surface area contributed by atoms with E-state index in [-0.39, 0.29) is 12.1 Å². The quantitative estimate of drug-likeness (QED) is 0.865. The molecule has 0 heterocycles. The van der Waals surface area contributed by atoms with Crippen LogP contribution in [0.15, 0.2) is 24.3 Å². The summed E-state index contributed by atoms with van der Waals surface area (Å²) in [4.78, 5) is 2.01. The van der Waals surface area contributed by atoms with Gasteiger partial charge in [0.25, 0.3) is 0 Å². The maximum absolute atomic E-state index is 13.1. The fraction of sp³-hybridized carbons (Fsp3) is 0.600. The summed E-state index contributed by atoms with van der Waals surface area (Å²) in [6.45, 7) is 7.61. The van der Waals surface area contributed by atoms with Crippen molar-refractivity contribution in [2.45, 2.75) is 33.0 Å². The van der Waals surface area contributed by atoms with Gasteiger partial charge in [-0.3, -0.25) is 4.90 Å². The monoisotopic (exact) mass is 288 g/mol. The van der Waals surface area contributed by atoms with Gasteiger partial charge in [-0.2, -0.15) is 13.2 Å². The molecule has 0 amide bonds. The van der Waals surface area contributed by atoms with Crippen LogP contribution in [0.5, 0.6) is 0 Å². The summed E-state index contributed by atoms with van der Waals surface area (Å²) < 4.78 is 39.3. The molecule has 0 aliphatic heterocycles. The maximum atomic E-state index is 13.1. The number of benzene rings is 1. The summed E-state index contributed by atoms with van der Waals surface area (Å²) in [5.41, 5.74) is 5.44. The van der Waals surface area contributed by atoms with Crippen molar-refractivity contribution in [2.75, 3.05) is 19.6 Å². The standard InChI is InChI=1S/C15H23F3N2/c1-4-20(10-11(2)3)14(9-19)12-7-5-6-8-13(12)15(16,17)18/h5-8,11,14H,4,9-10,19H2,1-3H3. The average Bonchev–Trinajstić information content (AvgIpc) is 2.37. The van der Waals surface area contributed by atoms with Crippen LogP contribution in [0.3, 0.4) is 0 Å². The van der Waals surface area contributed by atoms with Crippen LogP contribution in [0, 0.1) is 5.92 Å². The number of rotatable bonds is 6. The van der Waals surface area contributed by atoms with Gasteiger partial charge >= 0.3 is 6.18 Å². The summed E-state index contributed by atoms with van der Waals surface area (Å²) >= 11 is 0. The molecule has 20 heavy (non-hydrogen) atoms. The molecule has 2 N–H and O–H groups in total. The molecular weight excluding hydrogens is 265 g/mol. The molecule has 114 valence electrons. The van der Waals surface area contributed by atoms with Crippen LogP contribution in [0.2, 0.25) is 0 Å². The van der Waals surface area contributed by atoms with Crippen LogP contribution in [0.1, 0.15) is 37.9 Å². The lowest BCUT2D eigenvalue weighted by atomic mass is 9.97. The third kappa shape index (κ3) is 4.21. The third-order valence-corrected chi connectivity index (χ3v) is 3.30. The van der Waals surface area contributed by atoms with E-state index in [2.05, 4.69) is 0 Å². The topological polar surface area (TPSA) is 29.3 Å². The number of alkyl halides is 3. The molecule has 1 unspecified atom stereocenters. The van der Waals surface area contributed by atoms with E-state index in [1.165, 1.54) is 12.1 Å². The second kappa shape index (κ2) is 7.09. The van der Waals surface area contributed by atoms with Gasteiger partial charge in [0.2, 0.25) is 0 Å². The predicted octanol–water partition coefficient (Wildman–Crippen LogP) is 3.68. The molecule has 1 aromatic rings. The van der Waals surface area contributed by atoms with Gasteiger partial charge in [-0.25, -0.2) is 0 Å². The summed E-state index contributed by atoms with van der Waals surface area (Å²) in [6.07, 6.45) is -4.35. The van der Waals surface area contributed by atoms with E-state index in [0.29, 0.717) is 12.5 Å². The molecule has 0 aliphatic rings. The first-order valence-electron chi connectivity index (χ1n) is 6.91. The smallest absolute Gasteiger partial charge is 0.329 e. The van der Waals surface area contributed by atoms with Crippen molar-refractivity contribution in [1.82, 2.24) is 4.90 Å². The van der Waals surface area contributed by atoms with Crippen molar-refractivity contribution in [3.05, 3.63) is 35.4 Å². The summed E-state index contributed by atoms with van der Waals surface area (Å²) in [6, 6.07) is 5.31. The molecule has 0 radical (unpaired) electrons. The van der Waals surface area contributed by atoms with E-state index in [4.69, 9.17) is 5.73 Å². The van der Waals surface area contributed by atoms with E-state index >= 15 is 0 Å². The first-order chi connectivity index (χ1) is 9.31. The molecule has 1 rings (SSSR count). The highest BCUT2D eigenvalue weighted by atomic mass is 19.4. The fourth-order valence-corrected chi connectivity index (χ4v) is 2.46. The van der Waals surface area contributed by atoms with Crippen LogP contribution in [-0.4, -0.2) is 24.5 Å². The molecule has 0 fully saturated rings. The molecule has 0 aromatic heterocycles. The van der Waals surface area contributed by atoms with Gasteiger partial charge in [-0.05, 0) is 24.1 Å². The SMILES string of the molecule is CCN(CC(C)C)C(CN)c1ccccc1C(F)(F)F. The molecule has 5 heteroatoms. The summed E-state index contributed by atoms with van der Waals surface area (Å²) in [5, 5.41) is 0. The van der Waals surface area contributed by atoms with Crippen molar-refractivity contribution in [3.8, 4) is 0 Å². The van der Waals surface area contributed by atoms with E-state index in [1.807, 2.05) is 25.7 Å². The number of halogens is 3. The van der Waals surface area contributed by atoms with Crippen LogP contribution < -0.4 is 5.73 Å². The van der Waals surface area contributed by atoms with Crippen molar-refractivity contribution < 1.29 is 13.2 Å². The van der Waals surface area contributed by atoms with E-state index < -0.39 is 17.8 Å². The average molecular weight is 288 g/mol. The molecule has 1 aromatic carbocycles. The summed E-state index contributed by atoms with van der Waals surface area (Å²) in [7, 11) is 0. The van der Waals surface area contributed by atoms with Gasteiger partial charge in [0, 0.05) is 19.1 Å². The zero-order valence-electron chi connectivity index (χ0n) is 12.2. The molecule has 0 saturated heterocycles. The Bertz CT molecular complexity index is 416. The number of nitrogens with zero attached hydrogens (tertiary/aromatic N) is 1. The normalized spacial score (nSPS) is 14.1. The second-order valence-electron chi connectivity index (χ2n) is 5.32. The Morgan fingerprint density at radius 1 is 1.20 bits per heavy atom. The molecule has 0 saturated carbocycles. The van der Waals surface area contributed by atoms with Gasteiger partial charge in [0.15, 0.2) is 0 Å². The van der Waals surface area contributed by atoms with Gasteiger partial charge in [-0.15, -0.1) is 0 Å². The highest BCUT2D eigenvalue weighted by Crippen LogP contribution is 2.36. The fourth-order valence-electron chi connectivity index (χ4n) is 2.46. The first kappa shape index (κ1) is 17.0. The summed E-state index contributed by atoms with van der Waals surface area (Å²) in [5.74, 6) is 0.377. The molecule has 0 aliphatic carbocycles. The minimum absolute atomic E-state index is 0.174. The van der Waals surface area contributed by atoms with E-state index in [1.54, 1.807) is 6.07 Å². The Labute approximate surface area is 118 Å². The molecule has 1 atom stereocenters. The van der Waals surface area contributed by atoms with Gasteiger partial charge in [0.05, 0.1) is 5.56 Å². The predicted molar refractivity (Wildman–Crippen MR) is 75.3 cm³/mol.